The lowest BCUT2D eigenvalue weighted by atomic mass is 9.94. The van der Waals surface area contributed by atoms with Crippen LogP contribution in [0.4, 0.5) is 4.39 Å². The van der Waals surface area contributed by atoms with Crippen LogP contribution < -0.4 is 4.74 Å². The molecule has 6 nitrogen and oxygen atoms in total. The summed E-state index contributed by atoms with van der Waals surface area (Å²) in [5, 5.41) is 11.2. The van der Waals surface area contributed by atoms with Crippen molar-refractivity contribution >= 4 is 17.4 Å². The highest BCUT2D eigenvalue weighted by Crippen LogP contribution is 2.40. The van der Waals surface area contributed by atoms with E-state index in [-0.39, 0.29) is 17.9 Å². The summed E-state index contributed by atoms with van der Waals surface area (Å²) in [5.74, 6) is -1.06. The highest BCUT2D eigenvalue weighted by molar-refractivity contribution is 6.46. The maximum atomic E-state index is 13.6. The van der Waals surface area contributed by atoms with Crippen LogP contribution in [0, 0.1) is 18.7 Å². The smallest absolute Gasteiger partial charge is 0.295 e. The van der Waals surface area contributed by atoms with Crippen LogP contribution in [0.25, 0.3) is 5.76 Å². The van der Waals surface area contributed by atoms with Gasteiger partial charge in [0.15, 0.2) is 0 Å². The predicted octanol–water partition coefficient (Wildman–Crippen LogP) is 4.15. The minimum Gasteiger partial charge on any atom is -0.507 e. The molecule has 1 heterocycles. The number of Topliss-reactive ketones (excluding diaryl/α,β-unsaturated/α-hetero) is 1. The van der Waals surface area contributed by atoms with Crippen LogP contribution in [-0.4, -0.2) is 60.4 Å². The van der Waals surface area contributed by atoms with Crippen molar-refractivity contribution in [1.29, 1.82) is 0 Å². The van der Waals surface area contributed by atoms with Crippen molar-refractivity contribution in [2.75, 3.05) is 33.8 Å². The van der Waals surface area contributed by atoms with Gasteiger partial charge in [0.25, 0.3) is 11.7 Å². The Labute approximate surface area is 194 Å². The molecule has 1 aliphatic heterocycles. The summed E-state index contributed by atoms with van der Waals surface area (Å²) < 4.78 is 19.3. The van der Waals surface area contributed by atoms with Crippen molar-refractivity contribution in [2.45, 2.75) is 26.8 Å². The van der Waals surface area contributed by atoms with E-state index >= 15 is 0 Å². The molecule has 3 rings (SSSR count). The average Bonchev–Trinajstić information content (AvgIpc) is 3.01. The first-order valence-electron chi connectivity index (χ1n) is 11.0. The molecule has 1 N–H and O–H groups in total. The fourth-order valence-corrected chi connectivity index (χ4v) is 3.81. The van der Waals surface area contributed by atoms with E-state index in [1.807, 2.05) is 25.9 Å². The molecule has 1 amide bonds. The maximum absolute atomic E-state index is 13.6. The largest absolute Gasteiger partial charge is 0.507 e. The summed E-state index contributed by atoms with van der Waals surface area (Å²) in [4.78, 5) is 29.3. The van der Waals surface area contributed by atoms with Gasteiger partial charge in [-0.2, -0.15) is 0 Å². The highest BCUT2D eigenvalue weighted by Gasteiger charge is 2.46. The molecule has 1 aliphatic rings. The maximum Gasteiger partial charge on any atom is 0.295 e. The molecule has 1 fully saturated rings. The minimum atomic E-state index is -0.804. The Morgan fingerprint density at radius 2 is 1.82 bits per heavy atom. The standard InChI is InChI=1S/C26H31FN2O4/c1-16(2)15-33-20-10-11-21(17(3)14-20)24(30)22-23(18-6-8-19(27)9-7-18)29(13-12-28(4)5)26(32)25(22)31/h6-11,14,16,23,30H,12-13,15H2,1-5H3/t23-/m0/s1. The fourth-order valence-electron chi connectivity index (χ4n) is 3.81. The Hall–Kier alpha value is -3.19. The SMILES string of the molecule is Cc1cc(OCC(C)C)ccc1C(O)=C1C(=O)C(=O)N(CCN(C)C)[C@H]1c1ccc(F)cc1. The minimum absolute atomic E-state index is 0.00399. The lowest BCUT2D eigenvalue weighted by molar-refractivity contribution is -0.140. The molecule has 0 unspecified atom stereocenters. The van der Waals surface area contributed by atoms with Crippen LogP contribution in [0.2, 0.25) is 0 Å². The molecule has 2 aromatic carbocycles. The van der Waals surface area contributed by atoms with Crippen molar-refractivity contribution in [2.24, 2.45) is 5.92 Å². The van der Waals surface area contributed by atoms with Crippen LogP contribution in [0.15, 0.2) is 48.0 Å². The van der Waals surface area contributed by atoms with Gasteiger partial charge >= 0.3 is 0 Å². The third-order valence-electron chi connectivity index (χ3n) is 5.55. The van der Waals surface area contributed by atoms with Crippen molar-refractivity contribution in [3.05, 3.63) is 70.5 Å². The number of ether oxygens (including phenoxy) is 1. The van der Waals surface area contributed by atoms with E-state index in [1.165, 1.54) is 29.2 Å². The number of benzene rings is 2. The summed E-state index contributed by atoms with van der Waals surface area (Å²) in [7, 11) is 3.74. The van der Waals surface area contributed by atoms with Crippen LogP contribution in [0.1, 0.15) is 36.6 Å². The molecule has 2 aromatic rings. The Balaban J connectivity index is 2.07. The molecule has 7 heteroatoms. The van der Waals surface area contributed by atoms with Crippen molar-refractivity contribution in [1.82, 2.24) is 9.80 Å². The Morgan fingerprint density at radius 1 is 1.15 bits per heavy atom. The summed E-state index contributed by atoms with van der Waals surface area (Å²) >= 11 is 0. The molecule has 1 atom stereocenters. The molecular formula is C26H31FN2O4. The number of aliphatic hydroxyl groups excluding tert-OH is 1. The van der Waals surface area contributed by atoms with Gasteiger partial charge in [0, 0.05) is 18.7 Å². The third-order valence-corrected chi connectivity index (χ3v) is 5.55. The van der Waals surface area contributed by atoms with E-state index in [1.54, 1.807) is 18.2 Å². The monoisotopic (exact) mass is 454 g/mol. The first-order chi connectivity index (χ1) is 15.6. The zero-order chi connectivity index (χ0) is 24.3. The molecule has 0 saturated carbocycles. The first-order valence-corrected chi connectivity index (χ1v) is 11.0. The van der Waals surface area contributed by atoms with Gasteiger partial charge in [-0.25, -0.2) is 4.39 Å². The van der Waals surface area contributed by atoms with Gasteiger partial charge in [-0.05, 0) is 68.4 Å². The van der Waals surface area contributed by atoms with E-state index in [2.05, 4.69) is 13.8 Å². The van der Waals surface area contributed by atoms with Crippen molar-refractivity contribution < 1.29 is 23.8 Å². The van der Waals surface area contributed by atoms with Crippen molar-refractivity contribution in [3.8, 4) is 5.75 Å². The summed E-state index contributed by atoms with van der Waals surface area (Å²) in [6.45, 7) is 7.30. The number of likely N-dealkylation sites (N-methyl/N-ethyl adjacent to an activating group) is 1. The van der Waals surface area contributed by atoms with Gasteiger partial charge in [-0.15, -0.1) is 0 Å². The second kappa shape index (κ2) is 10.2. The van der Waals surface area contributed by atoms with Gasteiger partial charge < -0.3 is 19.6 Å². The first kappa shape index (κ1) is 24.5. The molecule has 33 heavy (non-hydrogen) atoms. The molecule has 176 valence electrons. The van der Waals surface area contributed by atoms with E-state index in [4.69, 9.17) is 4.74 Å². The Kier molecular flexibility index (Phi) is 7.53. The third kappa shape index (κ3) is 5.42. The van der Waals surface area contributed by atoms with Gasteiger partial charge in [-0.3, -0.25) is 9.59 Å². The number of amides is 1. The number of hydrogen-bond donors (Lipinski definition) is 1. The van der Waals surface area contributed by atoms with E-state index in [0.717, 1.165) is 0 Å². The lowest BCUT2D eigenvalue weighted by Crippen LogP contribution is -2.35. The van der Waals surface area contributed by atoms with Gasteiger partial charge in [0.05, 0.1) is 18.2 Å². The second-order valence-electron chi connectivity index (χ2n) is 9.03. The molecule has 1 saturated heterocycles. The molecule has 0 spiro atoms. The number of likely N-dealkylation sites (tertiary alicyclic amines) is 1. The molecule has 0 aliphatic carbocycles. The number of hydrogen-bond acceptors (Lipinski definition) is 5. The molecular weight excluding hydrogens is 423 g/mol. The van der Waals surface area contributed by atoms with E-state index in [9.17, 15) is 19.1 Å². The van der Waals surface area contributed by atoms with E-state index in [0.29, 0.717) is 41.5 Å². The summed E-state index contributed by atoms with van der Waals surface area (Å²) in [6.07, 6.45) is 0. The number of aryl methyl sites for hydroxylation is 1. The van der Waals surface area contributed by atoms with Gasteiger partial charge in [-0.1, -0.05) is 26.0 Å². The van der Waals surface area contributed by atoms with Crippen LogP contribution in [-0.2, 0) is 9.59 Å². The zero-order valence-electron chi connectivity index (χ0n) is 19.8. The van der Waals surface area contributed by atoms with Crippen LogP contribution in [0.5, 0.6) is 5.75 Å². The predicted molar refractivity (Wildman–Crippen MR) is 125 cm³/mol. The summed E-state index contributed by atoms with van der Waals surface area (Å²) in [6, 6.07) is 10.1. The number of carbonyl (C=O) groups is 2. The van der Waals surface area contributed by atoms with Crippen molar-refractivity contribution in [3.63, 3.8) is 0 Å². The number of aliphatic hydroxyl groups is 1. The van der Waals surface area contributed by atoms with Crippen LogP contribution >= 0.6 is 0 Å². The van der Waals surface area contributed by atoms with Gasteiger partial charge in [0.1, 0.15) is 17.3 Å². The second-order valence-corrected chi connectivity index (χ2v) is 9.03. The van der Waals surface area contributed by atoms with E-state index < -0.39 is 23.5 Å². The average molecular weight is 455 g/mol. The molecule has 0 bridgehead atoms. The quantitative estimate of drug-likeness (QED) is 0.369. The number of nitrogens with zero attached hydrogens (tertiary/aromatic N) is 2. The number of carbonyl (C=O) groups excluding carboxylic acids is 2. The van der Waals surface area contributed by atoms with Gasteiger partial charge in [0.2, 0.25) is 0 Å². The lowest BCUT2D eigenvalue weighted by Gasteiger charge is -2.26. The Bertz CT molecular complexity index is 1060. The zero-order valence-corrected chi connectivity index (χ0v) is 19.8. The molecule has 0 aromatic heterocycles. The number of rotatable bonds is 8. The Morgan fingerprint density at radius 3 is 2.39 bits per heavy atom. The number of ketones is 1. The molecule has 0 radical (unpaired) electrons. The fraction of sp³-hybridized carbons (Fsp3) is 0.385. The van der Waals surface area contributed by atoms with Crippen LogP contribution in [0.3, 0.4) is 0 Å². The normalized spacial score (nSPS) is 17.9. The highest BCUT2D eigenvalue weighted by atomic mass is 19.1. The topological polar surface area (TPSA) is 70.1 Å². The number of halogens is 1. The summed E-state index contributed by atoms with van der Waals surface area (Å²) in [5.41, 5.74) is 1.73.